The largest absolute Gasteiger partial charge is 0.351 e. The van der Waals surface area contributed by atoms with E-state index in [1.54, 1.807) is 6.07 Å². The topological polar surface area (TPSA) is 52.7 Å². The number of likely N-dealkylation sites (tertiary alicyclic amines) is 1. The van der Waals surface area contributed by atoms with Gasteiger partial charge >= 0.3 is 0 Å². The lowest BCUT2D eigenvalue weighted by Crippen LogP contribution is -2.67. The second-order valence-electron chi connectivity index (χ2n) is 7.75. The monoisotopic (exact) mass is 381 g/mol. The average Bonchev–Trinajstić information content (AvgIpc) is 2.68. The Labute approximate surface area is 164 Å². The van der Waals surface area contributed by atoms with Gasteiger partial charge in [0.25, 0.3) is 5.91 Å². The van der Waals surface area contributed by atoms with Crippen LogP contribution in [0.15, 0.2) is 42.5 Å². The van der Waals surface area contributed by atoms with E-state index in [1.165, 1.54) is 17.7 Å². The van der Waals surface area contributed by atoms with E-state index < -0.39 is 11.5 Å². The minimum Gasteiger partial charge on any atom is -0.351 e. The molecule has 2 aliphatic heterocycles. The molecule has 5 nitrogen and oxygen atoms in total. The molecule has 6 heteroatoms. The van der Waals surface area contributed by atoms with Gasteiger partial charge in [-0.15, -0.1) is 0 Å². The molecular weight excluding hydrogens is 357 g/mol. The minimum absolute atomic E-state index is 0.103. The Hall–Kier alpha value is -2.89. The number of fused-ring (bicyclic) bond motifs is 1. The molecule has 2 aromatic carbocycles. The third-order valence-corrected chi connectivity index (χ3v) is 5.97. The van der Waals surface area contributed by atoms with E-state index in [9.17, 15) is 14.0 Å². The fourth-order valence-electron chi connectivity index (χ4n) is 4.15. The van der Waals surface area contributed by atoms with Crippen LogP contribution in [-0.4, -0.2) is 42.5 Å². The number of hydrogen-bond donors (Lipinski definition) is 1. The van der Waals surface area contributed by atoms with Crippen molar-refractivity contribution in [1.82, 2.24) is 10.2 Å². The van der Waals surface area contributed by atoms with Gasteiger partial charge in [0.2, 0.25) is 5.91 Å². The zero-order valence-corrected chi connectivity index (χ0v) is 16.2. The molecule has 4 rings (SSSR count). The first-order valence-corrected chi connectivity index (χ1v) is 9.57. The predicted molar refractivity (Wildman–Crippen MR) is 106 cm³/mol. The zero-order chi connectivity index (χ0) is 19.9. The van der Waals surface area contributed by atoms with Crippen LogP contribution < -0.4 is 10.2 Å². The van der Waals surface area contributed by atoms with Crippen LogP contribution in [0.4, 0.5) is 10.1 Å². The summed E-state index contributed by atoms with van der Waals surface area (Å²) in [5.41, 5.74) is 2.72. The summed E-state index contributed by atoms with van der Waals surface area (Å²) in [6.07, 6.45) is 1.65. The van der Waals surface area contributed by atoms with Crippen molar-refractivity contribution < 1.29 is 14.0 Å². The SMILES string of the molecule is Cc1ccc(CC(=O)N2CCC3(CC2)NC(=O)c2cc(F)ccc2N3C)cc1. The lowest BCUT2D eigenvalue weighted by Gasteiger charge is -2.51. The zero-order valence-electron chi connectivity index (χ0n) is 16.2. The van der Waals surface area contributed by atoms with E-state index in [1.807, 2.05) is 48.0 Å². The smallest absolute Gasteiger partial charge is 0.255 e. The van der Waals surface area contributed by atoms with E-state index >= 15 is 0 Å². The van der Waals surface area contributed by atoms with Crippen molar-refractivity contribution in [2.75, 3.05) is 25.0 Å². The van der Waals surface area contributed by atoms with Crippen LogP contribution >= 0.6 is 0 Å². The van der Waals surface area contributed by atoms with Gasteiger partial charge in [-0.25, -0.2) is 4.39 Å². The molecule has 0 saturated carbocycles. The second kappa shape index (κ2) is 6.93. The van der Waals surface area contributed by atoms with Gasteiger partial charge in [0.1, 0.15) is 11.5 Å². The van der Waals surface area contributed by atoms with E-state index in [-0.39, 0.29) is 11.8 Å². The Bertz CT molecular complexity index is 918. The molecule has 2 heterocycles. The summed E-state index contributed by atoms with van der Waals surface area (Å²) in [6, 6.07) is 12.3. The first-order valence-electron chi connectivity index (χ1n) is 9.57. The molecule has 2 aliphatic rings. The Morgan fingerprint density at radius 3 is 2.50 bits per heavy atom. The number of piperidine rings is 1. The molecule has 2 amide bonds. The van der Waals surface area contributed by atoms with Crippen molar-refractivity contribution in [2.24, 2.45) is 0 Å². The van der Waals surface area contributed by atoms with Crippen LogP contribution in [0.25, 0.3) is 0 Å². The molecule has 1 spiro atoms. The van der Waals surface area contributed by atoms with Gasteiger partial charge in [0.05, 0.1) is 17.7 Å². The molecular formula is C22H24FN3O2. The summed E-state index contributed by atoms with van der Waals surface area (Å²) >= 11 is 0. The predicted octanol–water partition coefficient (Wildman–Crippen LogP) is 2.88. The van der Waals surface area contributed by atoms with Gasteiger partial charge in [-0.1, -0.05) is 29.8 Å². The van der Waals surface area contributed by atoms with Gasteiger partial charge in [-0.2, -0.15) is 0 Å². The molecule has 1 saturated heterocycles. The summed E-state index contributed by atoms with van der Waals surface area (Å²) in [5.74, 6) is -0.576. The highest BCUT2D eigenvalue weighted by Crippen LogP contribution is 2.36. The average molecular weight is 381 g/mol. The van der Waals surface area contributed by atoms with Crippen LogP contribution in [0.2, 0.25) is 0 Å². The van der Waals surface area contributed by atoms with Gasteiger partial charge in [0, 0.05) is 33.0 Å². The van der Waals surface area contributed by atoms with Gasteiger partial charge < -0.3 is 15.1 Å². The maximum Gasteiger partial charge on any atom is 0.255 e. The Balaban J connectivity index is 1.46. The summed E-state index contributed by atoms with van der Waals surface area (Å²) in [7, 11) is 1.92. The summed E-state index contributed by atoms with van der Waals surface area (Å²) in [5, 5.41) is 3.06. The number of rotatable bonds is 2. The highest BCUT2D eigenvalue weighted by molar-refractivity contribution is 6.02. The van der Waals surface area contributed by atoms with E-state index in [4.69, 9.17) is 0 Å². The number of benzene rings is 2. The van der Waals surface area contributed by atoms with Gasteiger partial charge in [-0.05, 0) is 30.7 Å². The molecule has 1 fully saturated rings. The van der Waals surface area contributed by atoms with Crippen LogP contribution in [0.1, 0.15) is 34.3 Å². The summed E-state index contributed by atoms with van der Waals surface area (Å²) in [4.78, 5) is 29.1. The highest BCUT2D eigenvalue weighted by atomic mass is 19.1. The number of anilines is 1. The van der Waals surface area contributed by atoms with E-state index in [2.05, 4.69) is 5.32 Å². The molecule has 0 aliphatic carbocycles. The normalized spacial score (nSPS) is 18.0. The Morgan fingerprint density at radius 1 is 1.14 bits per heavy atom. The summed E-state index contributed by atoms with van der Waals surface area (Å²) < 4.78 is 13.5. The van der Waals surface area contributed by atoms with Crippen LogP contribution in [0.3, 0.4) is 0 Å². The fraction of sp³-hybridized carbons (Fsp3) is 0.364. The molecule has 0 radical (unpaired) electrons. The fourth-order valence-corrected chi connectivity index (χ4v) is 4.15. The number of carbonyl (C=O) groups excluding carboxylic acids is 2. The van der Waals surface area contributed by atoms with Crippen molar-refractivity contribution in [3.05, 3.63) is 65.0 Å². The number of hydrogen-bond acceptors (Lipinski definition) is 3. The quantitative estimate of drug-likeness (QED) is 0.870. The van der Waals surface area contributed by atoms with Crippen molar-refractivity contribution >= 4 is 17.5 Å². The molecule has 146 valence electrons. The summed E-state index contributed by atoms with van der Waals surface area (Å²) in [6.45, 7) is 3.18. The molecule has 0 unspecified atom stereocenters. The number of amides is 2. The first kappa shape index (κ1) is 18.5. The highest BCUT2D eigenvalue weighted by Gasteiger charge is 2.44. The van der Waals surface area contributed by atoms with E-state index in [0.717, 1.165) is 11.3 Å². The number of carbonyl (C=O) groups is 2. The van der Waals surface area contributed by atoms with Crippen LogP contribution in [0, 0.1) is 12.7 Å². The van der Waals surface area contributed by atoms with Crippen LogP contribution in [0.5, 0.6) is 0 Å². The van der Waals surface area contributed by atoms with Crippen molar-refractivity contribution in [2.45, 2.75) is 31.8 Å². The lowest BCUT2D eigenvalue weighted by atomic mass is 9.90. The van der Waals surface area contributed by atoms with Gasteiger partial charge in [-0.3, -0.25) is 9.59 Å². The standard InChI is InChI=1S/C22H24FN3O2/c1-15-3-5-16(6-4-15)13-20(27)26-11-9-22(10-12-26)24-21(28)18-14-17(23)7-8-19(18)25(22)2/h3-8,14H,9-13H2,1-2H3,(H,24,28). The molecule has 2 aromatic rings. The van der Waals surface area contributed by atoms with E-state index in [0.29, 0.717) is 37.9 Å². The molecule has 28 heavy (non-hydrogen) atoms. The number of halogens is 1. The van der Waals surface area contributed by atoms with Gasteiger partial charge in [0.15, 0.2) is 0 Å². The lowest BCUT2D eigenvalue weighted by molar-refractivity contribution is -0.132. The first-order chi connectivity index (χ1) is 13.4. The number of nitrogens with zero attached hydrogens (tertiary/aromatic N) is 2. The number of aryl methyl sites for hydroxylation is 1. The maximum atomic E-state index is 13.5. The van der Waals surface area contributed by atoms with Crippen molar-refractivity contribution in [3.63, 3.8) is 0 Å². The third kappa shape index (κ3) is 3.23. The van der Waals surface area contributed by atoms with Crippen molar-refractivity contribution in [3.8, 4) is 0 Å². The molecule has 0 bridgehead atoms. The molecule has 1 N–H and O–H groups in total. The second-order valence-corrected chi connectivity index (χ2v) is 7.75. The maximum absolute atomic E-state index is 13.5. The molecule has 0 atom stereocenters. The Kier molecular flexibility index (Phi) is 4.57. The van der Waals surface area contributed by atoms with Crippen LogP contribution in [-0.2, 0) is 11.2 Å². The third-order valence-electron chi connectivity index (χ3n) is 5.97. The number of nitrogens with one attached hydrogen (secondary N) is 1. The Morgan fingerprint density at radius 2 is 1.82 bits per heavy atom. The minimum atomic E-state index is -0.539. The molecule has 0 aromatic heterocycles. The van der Waals surface area contributed by atoms with Crippen molar-refractivity contribution in [1.29, 1.82) is 0 Å².